The zero-order chi connectivity index (χ0) is 21.1. The molecule has 1 N–H and O–H groups in total. The lowest BCUT2D eigenvalue weighted by molar-refractivity contribution is -0.122. The Labute approximate surface area is 172 Å². The van der Waals surface area contributed by atoms with Crippen LogP contribution in [0.4, 0.5) is 4.39 Å². The van der Waals surface area contributed by atoms with E-state index in [1.807, 2.05) is 61.5 Å². The molecule has 0 saturated carbocycles. The lowest BCUT2D eigenvalue weighted by Gasteiger charge is -2.16. The second-order valence-electron chi connectivity index (χ2n) is 7.05. The number of nitrogens with one attached hydrogen (secondary N) is 1. The van der Waals surface area contributed by atoms with Crippen molar-refractivity contribution in [3.63, 3.8) is 0 Å². The predicted molar refractivity (Wildman–Crippen MR) is 114 cm³/mol. The highest BCUT2D eigenvalue weighted by molar-refractivity contribution is 5.93. The van der Waals surface area contributed by atoms with Crippen molar-refractivity contribution in [2.45, 2.75) is 19.5 Å². The fourth-order valence-corrected chi connectivity index (χ4v) is 3.46. The van der Waals surface area contributed by atoms with Crippen molar-refractivity contribution < 1.29 is 9.18 Å². The van der Waals surface area contributed by atoms with Gasteiger partial charge >= 0.3 is 5.69 Å². The molecular formula is C24H20FN3O2. The zero-order valence-corrected chi connectivity index (χ0v) is 16.4. The maximum Gasteiger partial charge on any atom is 0.349 e. The highest BCUT2D eigenvalue weighted by Gasteiger charge is 2.16. The number of hydrogen-bond donors (Lipinski definition) is 1. The van der Waals surface area contributed by atoms with Gasteiger partial charge in [0.15, 0.2) is 0 Å². The van der Waals surface area contributed by atoms with Gasteiger partial charge in [0.05, 0.1) is 17.3 Å². The molecule has 0 spiro atoms. The Morgan fingerprint density at radius 2 is 1.67 bits per heavy atom. The second kappa shape index (κ2) is 8.29. The third kappa shape index (κ3) is 3.98. The van der Waals surface area contributed by atoms with E-state index in [-0.39, 0.29) is 24.3 Å². The summed E-state index contributed by atoms with van der Waals surface area (Å²) in [7, 11) is 0. The van der Waals surface area contributed by atoms with Crippen LogP contribution in [0.15, 0.2) is 83.7 Å². The molecule has 5 nitrogen and oxygen atoms in total. The Bertz CT molecular complexity index is 1250. The van der Waals surface area contributed by atoms with Gasteiger partial charge in [-0.25, -0.2) is 9.18 Å². The summed E-state index contributed by atoms with van der Waals surface area (Å²) in [5, 5.41) is 3.65. The highest BCUT2D eigenvalue weighted by Crippen LogP contribution is 2.25. The first-order valence-electron chi connectivity index (χ1n) is 9.63. The van der Waals surface area contributed by atoms with Crippen LogP contribution in [0, 0.1) is 5.82 Å². The summed E-state index contributed by atoms with van der Waals surface area (Å²) < 4.78 is 14.5. The van der Waals surface area contributed by atoms with Gasteiger partial charge in [0.2, 0.25) is 5.91 Å². The summed E-state index contributed by atoms with van der Waals surface area (Å²) in [6.07, 6.45) is 0. The molecule has 1 amide bonds. The topological polar surface area (TPSA) is 64.0 Å². The molecule has 1 atom stereocenters. The minimum Gasteiger partial charge on any atom is -0.348 e. The second-order valence-corrected chi connectivity index (χ2v) is 7.05. The van der Waals surface area contributed by atoms with Crippen LogP contribution < -0.4 is 11.0 Å². The molecule has 0 unspecified atom stereocenters. The molecule has 4 aromatic rings. The molecule has 0 fully saturated rings. The standard InChI is InChI=1S/C24H20FN3O2/c1-16(17-11-13-19(25)14-12-17)26-22(29)15-28-21-10-6-5-9-20(21)23(27-24(28)30)18-7-3-2-4-8-18/h2-14,16H,15H2,1H3,(H,26,29)/t16-/m1/s1. The molecule has 0 aliphatic rings. The van der Waals surface area contributed by atoms with Gasteiger partial charge in [-0.1, -0.05) is 60.7 Å². The molecule has 0 bridgehead atoms. The predicted octanol–water partition coefficient (Wildman–Crippen LogP) is 4.08. The molecule has 0 saturated heterocycles. The third-order valence-corrected chi connectivity index (χ3v) is 4.98. The molecule has 0 radical (unpaired) electrons. The molecule has 1 heterocycles. The molecule has 30 heavy (non-hydrogen) atoms. The van der Waals surface area contributed by atoms with Crippen LogP contribution in [0.2, 0.25) is 0 Å². The smallest absolute Gasteiger partial charge is 0.348 e. The summed E-state index contributed by atoms with van der Waals surface area (Å²) >= 11 is 0. The number of para-hydroxylation sites is 1. The van der Waals surface area contributed by atoms with Crippen LogP contribution in [0.5, 0.6) is 0 Å². The number of halogens is 1. The van der Waals surface area contributed by atoms with E-state index in [1.165, 1.54) is 16.7 Å². The summed E-state index contributed by atoms with van der Waals surface area (Å²) in [6, 6.07) is 22.5. The fraction of sp³-hybridized carbons (Fsp3) is 0.125. The lowest BCUT2D eigenvalue weighted by Crippen LogP contribution is -2.35. The first-order valence-corrected chi connectivity index (χ1v) is 9.63. The summed E-state index contributed by atoms with van der Waals surface area (Å²) in [5.41, 5.74) is 2.36. The van der Waals surface area contributed by atoms with Gasteiger partial charge in [-0.2, -0.15) is 4.98 Å². The summed E-state index contributed by atoms with van der Waals surface area (Å²) in [4.78, 5) is 29.7. The molecule has 4 rings (SSSR count). The number of benzene rings is 3. The quantitative estimate of drug-likeness (QED) is 0.548. The van der Waals surface area contributed by atoms with Gasteiger partial charge in [0.1, 0.15) is 12.4 Å². The number of carbonyl (C=O) groups is 1. The van der Waals surface area contributed by atoms with Gasteiger partial charge in [0.25, 0.3) is 0 Å². The van der Waals surface area contributed by atoms with Crippen LogP contribution in [-0.2, 0) is 11.3 Å². The van der Waals surface area contributed by atoms with E-state index in [2.05, 4.69) is 10.3 Å². The molecule has 0 aliphatic heterocycles. The maximum absolute atomic E-state index is 13.1. The number of amides is 1. The van der Waals surface area contributed by atoms with E-state index < -0.39 is 5.69 Å². The van der Waals surface area contributed by atoms with Crippen LogP contribution in [0.1, 0.15) is 18.5 Å². The average molecular weight is 401 g/mol. The first kappa shape index (κ1) is 19.5. The monoisotopic (exact) mass is 401 g/mol. The average Bonchev–Trinajstić information content (AvgIpc) is 2.76. The number of fused-ring (bicyclic) bond motifs is 1. The Hall–Kier alpha value is -3.80. The normalized spacial score (nSPS) is 11.9. The van der Waals surface area contributed by atoms with Crippen molar-refractivity contribution in [3.8, 4) is 11.3 Å². The van der Waals surface area contributed by atoms with Gasteiger partial charge < -0.3 is 5.32 Å². The Morgan fingerprint density at radius 3 is 2.40 bits per heavy atom. The minimum absolute atomic E-state index is 0.160. The van der Waals surface area contributed by atoms with Crippen molar-refractivity contribution in [3.05, 3.63) is 101 Å². The lowest BCUT2D eigenvalue weighted by atomic mass is 10.1. The van der Waals surface area contributed by atoms with Gasteiger partial charge in [-0.15, -0.1) is 0 Å². The maximum atomic E-state index is 13.1. The minimum atomic E-state index is -0.489. The van der Waals surface area contributed by atoms with Crippen LogP contribution in [-0.4, -0.2) is 15.5 Å². The number of rotatable bonds is 5. The SMILES string of the molecule is C[C@@H](NC(=O)Cn1c(=O)nc(-c2ccccc2)c2ccccc21)c1ccc(F)cc1. The Balaban J connectivity index is 1.65. The van der Waals surface area contributed by atoms with Crippen molar-refractivity contribution in [2.24, 2.45) is 0 Å². The zero-order valence-electron chi connectivity index (χ0n) is 16.4. The van der Waals surface area contributed by atoms with E-state index in [1.54, 1.807) is 12.1 Å². The summed E-state index contributed by atoms with van der Waals surface area (Å²) in [6.45, 7) is 1.65. The number of carbonyl (C=O) groups excluding carboxylic acids is 1. The fourth-order valence-electron chi connectivity index (χ4n) is 3.46. The third-order valence-electron chi connectivity index (χ3n) is 4.98. The number of hydrogen-bond acceptors (Lipinski definition) is 3. The van der Waals surface area contributed by atoms with Crippen molar-refractivity contribution in [1.82, 2.24) is 14.9 Å². The van der Waals surface area contributed by atoms with Crippen molar-refractivity contribution >= 4 is 16.8 Å². The van der Waals surface area contributed by atoms with E-state index in [9.17, 15) is 14.0 Å². The number of aromatic nitrogens is 2. The molecular weight excluding hydrogens is 381 g/mol. The van der Waals surface area contributed by atoms with Crippen molar-refractivity contribution in [1.29, 1.82) is 0 Å². The van der Waals surface area contributed by atoms with E-state index in [0.29, 0.717) is 11.2 Å². The van der Waals surface area contributed by atoms with Crippen LogP contribution >= 0.6 is 0 Å². The van der Waals surface area contributed by atoms with Gasteiger partial charge in [-0.05, 0) is 30.7 Å². The molecule has 150 valence electrons. The summed E-state index contributed by atoms with van der Waals surface area (Å²) in [5.74, 6) is -0.659. The Kier molecular flexibility index (Phi) is 5.39. The van der Waals surface area contributed by atoms with Crippen LogP contribution in [0.3, 0.4) is 0 Å². The van der Waals surface area contributed by atoms with E-state index in [4.69, 9.17) is 0 Å². The largest absolute Gasteiger partial charge is 0.349 e. The Morgan fingerprint density at radius 1 is 1.00 bits per heavy atom. The van der Waals surface area contributed by atoms with Gasteiger partial charge in [-0.3, -0.25) is 9.36 Å². The highest BCUT2D eigenvalue weighted by atomic mass is 19.1. The molecule has 3 aromatic carbocycles. The van der Waals surface area contributed by atoms with Crippen LogP contribution in [0.25, 0.3) is 22.2 Å². The number of nitrogens with zero attached hydrogens (tertiary/aromatic N) is 2. The molecule has 1 aromatic heterocycles. The van der Waals surface area contributed by atoms with E-state index >= 15 is 0 Å². The molecule has 0 aliphatic carbocycles. The van der Waals surface area contributed by atoms with Gasteiger partial charge in [0, 0.05) is 10.9 Å². The first-order chi connectivity index (χ1) is 14.5. The van der Waals surface area contributed by atoms with E-state index in [0.717, 1.165) is 16.5 Å². The molecule has 6 heteroatoms. The van der Waals surface area contributed by atoms with Crippen molar-refractivity contribution in [2.75, 3.05) is 0 Å².